The van der Waals surface area contributed by atoms with Crippen molar-refractivity contribution in [1.29, 1.82) is 0 Å². The van der Waals surface area contributed by atoms with Crippen LogP contribution in [-0.2, 0) is 6.42 Å². The predicted molar refractivity (Wildman–Crippen MR) is 81.0 cm³/mol. The zero-order valence-corrected chi connectivity index (χ0v) is 12.9. The zero-order chi connectivity index (χ0) is 13.7. The van der Waals surface area contributed by atoms with E-state index in [0.29, 0.717) is 0 Å². The molecule has 1 aliphatic heterocycles. The molecule has 0 bridgehead atoms. The van der Waals surface area contributed by atoms with Gasteiger partial charge in [0.05, 0.1) is 5.01 Å². The van der Waals surface area contributed by atoms with Gasteiger partial charge in [-0.25, -0.2) is 4.98 Å². The van der Waals surface area contributed by atoms with Crippen LogP contribution < -0.4 is 11.3 Å². The van der Waals surface area contributed by atoms with Crippen molar-refractivity contribution in [3.63, 3.8) is 0 Å². The van der Waals surface area contributed by atoms with Gasteiger partial charge in [0, 0.05) is 29.6 Å². The van der Waals surface area contributed by atoms with Crippen LogP contribution in [0.3, 0.4) is 0 Å². The molecule has 1 atom stereocenters. The Morgan fingerprint density at radius 1 is 1.42 bits per heavy atom. The maximum atomic E-state index is 5.89. The van der Waals surface area contributed by atoms with Gasteiger partial charge in [0.15, 0.2) is 0 Å². The van der Waals surface area contributed by atoms with Crippen molar-refractivity contribution in [2.24, 2.45) is 5.84 Å². The first kappa shape index (κ1) is 14.9. The van der Waals surface area contributed by atoms with Crippen LogP contribution in [0.5, 0.6) is 0 Å². The molecule has 5 heteroatoms. The summed E-state index contributed by atoms with van der Waals surface area (Å²) in [6.45, 7) is 6.98. The Labute approximate surface area is 120 Å². The third-order valence-corrected chi connectivity index (χ3v) is 5.47. The molecule has 0 spiro atoms. The summed E-state index contributed by atoms with van der Waals surface area (Å²) in [5.41, 5.74) is 3.25. The number of hydrogen-bond donors (Lipinski definition) is 2. The maximum Gasteiger partial charge on any atom is 0.0941 e. The highest BCUT2D eigenvalue weighted by Crippen LogP contribution is 2.33. The van der Waals surface area contributed by atoms with Crippen LogP contribution >= 0.6 is 11.3 Å². The zero-order valence-electron chi connectivity index (χ0n) is 12.1. The molecular weight excluding hydrogens is 256 g/mol. The highest BCUT2D eigenvalue weighted by molar-refractivity contribution is 7.09. The first-order chi connectivity index (χ1) is 9.26. The SMILES string of the molecule is CCC(CC)(C(Cc1nccs1)NN)N1CCCC1. The molecule has 2 rings (SSSR count). The second kappa shape index (κ2) is 6.79. The Kier molecular flexibility index (Phi) is 5.33. The minimum Gasteiger partial charge on any atom is -0.296 e. The average molecular weight is 282 g/mol. The van der Waals surface area contributed by atoms with Gasteiger partial charge in [-0.2, -0.15) is 0 Å². The smallest absolute Gasteiger partial charge is 0.0941 e. The molecule has 0 saturated carbocycles. The van der Waals surface area contributed by atoms with E-state index in [1.165, 1.54) is 30.9 Å². The largest absolute Gasteiger partial charge is 0.296 e. The lowest BCUT2D eigenvalue weighted by molar-refractivity contribution is 0.0620. The van der Waals surface area contributed by atoms with Gasteiger partial charge in [0.1, 0.15) is 0 Å². The molecule has 1 aromatic heterocycles. The summed E-state index contributed by atoms with van der Waals surface area (Å²) < 4.78 is 0. The molecular formula is C14H26N4S. The summed E-state index contributed by atoms with van der Waals surface area (Å²) >= 11 is 1.72. The molecule has 3 N–H and O–H groups in total. The summed E-state index contributed by atoms with van der Waals surface area (Å²) in [7, 11) is 0. The Morgan fingerprint density at radius 3 is 2.58 bits per heavy atom. The van der Waals surface area contributed by atoms with Crippen LogP contribution in [0, 0.1) is 0 Å². The van der Waals surface area contributed by atoms with E-state index in [1.54, 1.807) is 11.3 Å². The molecule has 1 aliphatic rings. The molecule has 0 aliphatic carbocycles. The van der Waals surface area contributed by atoms with Gasteiger partial charge in [-0.15, -0.1) is 11.3 Å². The first-order valence-corrected chi connectivity index (χ1v) is 8.24. The first-order valence-electron chi connectivity index (χ1n) is 7.36. The fourth-order valence-electron chi connectivity index (χ4n) is 3.51. The molecule has 0 radical (unpaired) electrons. The van der Waals surface area contributed by atoms with Crippen molar-refractivity contribution in [2.75, 3.05) is 13.1 Å². The van der Waals surface area contributed by atoms with Crippen molar-refractivity contribution < 1.29 is 0 Å². The minimum atomic E-state index is 0.164. The van der Waals surface area contributed by atoms with Gasteiger partial charge in [0.25, 0.3) is 0 Å². The Hall–Kier alpha value is -0.490. The number of nitrogens with one attached hydrogen (secondary N) is 1. The van der Waals surface area contributed by atoms with E-state index in [-0.39, 0.29) is 11.6 Å². The normalized spacial score (nSPS) is 18.9. The number of rotatable bonds is 7. The number of nitrogens with two attached hydrogens (primary N) is 1. The van der Waals surface area contributed by atoms with E-state index in [0.717, 1.165) is 19.3 Å². The summed E-state index contributed by atoms with van der Waals surface area (Å²) in [6, 6.07) is 0.270. The van der Waals surface area contributed by atoms with Gasteiger partial charge in [-0.1, -0.05) is 13.8 Å². The molecule has 108 valence electrons. The van der Waals surface area contributed by atoms with Crippen LogP contribution in [0.15, 0.2) is 11.6 Å². The number of likely N-dealkylation sites (tertiary alicyclic amines) is 1. The van der Waals surface area contributed by atoms with E-state index in [2.05, 4.69) is 29.2 Å². The molecule has 1 saturated heterocycles. The standard InChI is InChI=1S/C14H26N4S/c1-3-14(4-2,18-8-5-6-9-18)12(17-15)11-13-16-7-10-19-13/h7,10,12,17H,3-6,8-9,11,15H2,1-2H3. The Morgan fingerprint density at radius 2 is 2.11 bits per heavy atom. The lowest BCUT2D eigenvalue weighted by atomic mass is 9.81. The number of aromatic nitrogens is 1. The topological polar surface area (TPSA) is 54.2 Å². The maximum absolute atomic E-state index is 5.89. The molecule has 1 fully saturated rings. The average Bonchev–Trinajstić information content (AvgIpc) is 3.12. The van der Waals surface area contributed by atoms with E-state index in [9.17, 15) is 0 Å². The number of hydrazine groups is 1. The number of nitrogens with zero attached hydrogens (tertiary/aromatic N) is 2. The van der Waals surface area contributed by atoms with E-state index in [1.807, 2.05) is 11.6 Å². The lowest BCUT2D eigenvalue weighted by Gasteiger charge is -2.46. The third kappa shape index (κ3) is 2.99. The fourth-order valence-corrected chi connectivity index (χ4v) is 4.17. The Bertz CT molecular complexity index is 356. The van der Waals surface area contributed by atoms with Crippen LogP contribution in [0.4, 0.5) is 0 Å². The van der Waals surface area contributed by atoms with Crippen molar-refractivity contribution >= 4 is 11.3 Å². The lowest BCUT2D eigenvalue weighted by Crippen LogP contribution is -2.62. The quantitative estimate of drug-likeness (QED) is 0.594. The second-order valence-corrected chi connectivity index (χ2v) is 6.33. The molecule has 1 aromatic rings. The molecule has 0 aromatic carbocycles. The molecule has 4 nitrogen and oxygen atoms in total. The highest BCUT2D eigenvalue weighted by atomic mass is 32.1. The second-order valence-electron chi connectivity index (χ2n) is 5.35. The van der Waals surface area contributed by atoms with Crippen LogP contribution in [0.1, 0.15) is 44.5 Å². The summed E-state index contributed by atoms with van der Waals surface area (Å²) in [5.74, 6) is 5.89. The van der Waals surface area contributed by atoms with Crippen molar-refractivity contribution in [2.45, 2.75) is 57.5 Å². The predicted octanol–water partition coefficient (Wildman–Crippen LogP) is 2.17. The van der Waals surface area contributed by atoms with E-state index < -0.39 is 0 Å². The molecule has 2 heterocycles. The summed E-state index contributed by atoms with van der Waals surface area (Å²) in [6.07, 6.45) is 7.69. The molecule has 0 amide bonds. The van der Waals surface area contributed by atoms with Crippen LogP contribution in [0.2, 0.25) is 0 Å². The van der Waals surface area contributed by atoms with Gasteiger partial charge < -0.3 is 0 Å². The Balaban J connectivity index is 2.18. The van der Waals surface area contributed by atoms with Crippen molar-refractivity contribution in [1.82, 2.24) is 15.3 Å². The van der Waals surface area contributed by atoms with Gasteiger partial charge in [-0.3, -0.25) is 16.2 Å². The number of hydrogen-bond acceptors (Lipinski definition) is 5. The third-order valence-electron chi connectivity index (χ3n) is 4.67. The molecule has 1 unspecified atom stereocenters. The minimum absolute atomic E-state index is 0.164. The molecule has 19 heavy (non-hydrogen) atoms. The summed E-state index contributed by atoms with van der Waals surface area (Å²) in [5, 5.41) is 3.21. The number of thiazole rings is 1. The van der Waals surface area contributed by atoms with E-state index >= 15 is 0 Å². The fraction of sp³-hybridized carbons (Fsp3) is 0.786. The van der Waals surface area contributed by atoms with Gasteiger partial charge in [0.2, 0.25) is 0 Å². The van der Waals surface area contributed by atoms with Crippen LogP contribution in [0.25, 0.3) is 0 Å². The van der Waals surface area contributed by atoms with Gasteiger partial charge in [-0.05, 0) is 38.8 Å². The van der Waals surface area contributed by atoms with Gasteiger partial charge >= 0.3 is 0 Å². The highest BCUT2D eigenvalue weighted by Gasteiger charge is 2.41. The van der Waals surface area contributed by atoms with Crippen LogP contribution in [-0.4, -0.2) is 34.6 Å². The monoisotopic (exact) mass is 282 g/mol. The van der Waals surface area contributed by atoms with Crippen molar-refractivity contribution in [3.8, 4) is 0 Å². The summed E-state index contributed by atoms with van der Waals surface area (Å²) in [4.78, 5) is 7.06. The van der Waals surface area contributed by atoms with E-state index in [4.69, 9.17) is 5.84 Å². The van der Waals surface area contributed by atoms with Crippen molar-refractivity contribution in [3.05, 3.63) is 16.6 Å².